The van der Waals surface area contributed by atoms with Crippen LogP contribution >= 0.6 is 11.6 Å². The number of amides is 1. The van der Waals surface area contributed by atoms with Crippen LogP contribution in [0.3, 0.4) is 0 Å². The number of aromatic nitrogens is 2. The van der Waals surface area contributed by atoms with Crippen LogP contribution < -0.4 is 5.73 Å². The number of furan rings is 1. The summed E-state index contributed by atoms with van der Waals surface area (Å²) in [7, 11) is 0. The Morgan fingerprint density at radius 2 is 1.87 bits per heavy atom. The highest BCUT2D eigenvalue weighted by molar-refractivity contribution is 6.31. The second kappa shape index (κ2) is 7.83. The summed E-state index contributed by atoms with van der Waals surface area (Å²) < 4.78 is 5.85. The molecule has 0 spiro atoms. The van der Waals surface area contributed by atoms with Crippen LogP contribution in [0.5, 0.6) is 0 Å². The second-order valence-corrected chi connectivity index (χ2v) is 8.24. The summed E-state index contributed by atoms with van der Waals surface area (Å²) in [5, 5.41) is 2.37. The topological polar surface area (TPSA) is 88.5 Å². The van der Waals surface area contributed by atoms with Crippen LogP contribution in [0, 0.1) is 6.92 Å². The average Bonchev–Trinajstić information content (AvgIpc) is 3.10. The minimum absolute atomic E-state index is 0.0873. The van der Waals surface area contributed by atoms with Gasteiger partial charge in [0.05, 0.1) is 12.1 Å². The molecular weight excluding hydrogens is 414 g/mol. The predicted molar refractivity (Wildman–Crippen MR) is 121 cm³/mol. The molecule has 1 aliphatic heterocycles. The maximum absolute atomic E-state index is 13.1. The van der Waals surface area contributed by atoms with Crippen molar-refractivity contribution in [3.05, 3.63) is 64.6 Å². The monoisotopic (exact) mass is 435 g/mol. The number of para-hydroxylation sites is 1. The number of benzene rings is 2. The number of nitrogens with zero attached hydrogens (tertiary/aromatic N) is 4. The number of nitrogens with two attached hydrogens (primary N) is 1. The van der Waals surface area contributed by atoms with E-state index >= 15 is 0 Å². The number of carbonyl (C=O) groups is 1. The van der Waals surface area contributed by atoms with Gasteiger partial charge in [0.15, 0.2) is 5.76 Å². The summed E-state index contributed by atoms with van der Waals surface area (Å²) in [6, 6.07) is 13.1. The first-order valence-corrected chi connectivity index (χ1v) is 10.6. The third-order valence-corrected chi connectivity index (χ3v) is 6.03. The van der Waals surface area contributed by atoms with Gasteiger partial charge in [0.2, 0.25) is 0 Å². The molecule has 1 fully saturated rings. The van der Waals surface area contributed by atoms with E-state index in [9.17, 15) is 4.79 Å². The molecule has 1 aliphatic rings. The minimum Gasteiger partial charge on any atom is -0.451 e. The maximum atomic E-state index is 13.1. The molecule has 0 aliphatic carbocycles. The molecule has 2 aromatic carbocycles. The van der Waals surface area contributed by atoms with E-state index in [-0.39, 0.29) is 5.91 Å². The summed E-state index contributed by atoms with van der Waals surface area (Å²) in [6.45, 7) is 5.17. The second-order valence-electron chi connectivity index (χ2n) is 7.81. The molecule has 0 saturated carbocycles. The standard InChI is InChI=1S/C23H22ClN5O2/c1-14-17-12-15(24)6-7-19(17)31-21(14)23(30)29-10-8-28(9-11-29)13-20-26-18-5-3-2-4-16(18)22(25)27-20/h2-7,12H,8-11,13H2,1H3,(H2,25,26,27). The molecule has 1 saturated heterocycles. The van der Waals surface area contributed by atoms with Gasteiger partial charge in [-0.05, 0) is 37.3 Å². The van der Waals surface area contributed by atoms with Crippen molar-refractivity contribution in [2.45, 2.75) is 13.5 Å². The molecule has 158 valence electrons. The van der Waals surface area contributed by atoms with Crippen LogP contribution in [0.25, 0.3) is 21.9 Å². The fourth-order valence-corrected chi connectivity index (χ4v) is 4.24. The molecule has 4 aromatic rings. The number of halogens is 1. The summed E-state index contributed by atoms with van der Waals surface area (Å²) in [5.41, 5.74) is 8.45. The van der Waals surface area contributed by atoms with Crippen LogP contribution in [0.15, 0.2) is 46.9 Å². The molecule has 5 rings (SSSR count). The Hall–Kier alpha value is -3.16. The number of anilines is 1. The SMILES string of the molecule is Cc1c(C(=O)N2CCN(Cc3nc(N)c4ccccc4n3)CC2)oc2ccc(Cl)cc12. The Bertz CT molecular complexity index is 1290. The molecule has 0 unspecified atom stereocenters. The lowest BCUT2D eigenvalue weighted by Crippen LogP contribution is -2.48. The lowest BCUT2D eigenvalue weighted by Gasteiger charge is -2.34. The summed E-state index contributed by atoms with van der Waals surface area (Å²) >= 11 is 6.09. The van der Waals surface area contributed by atoms with Crippen molar-refractivity contribution in [2.75, 3.05) is 31.9 Å². The number of fused-ring (bicyclic) bond motifs is 2. The van der Waals surface area contributed by atoms with Crippen LogP contribution in [-0.2, 0) is 6.54 Å². The molecule has 0 bridgehead atoms. The van der Waals surface area contributed by atoms with Gasteiger partial charge in [0, 0.05) is 47.5 Å². The van der Waals surface area contributed by atoms with Gasteiger partial charge in [-0.25, -0.2) is 9.97 Å². The first-order valence-electron chi connectivity index (χ1n) is 10.2. The highest BCUT2D eigenvalue weighted by atomic mass is 35.5. The first kappa shape index (κ1) is 19.8. The number of hydrogen-bond donors (Lipinski definition) is 1. The summed E-state index contributed by atoms with van der Waals surface area (Å²) in [5.74, 6) is 1.49. The van der Waals surface area contributed by atoms with E-state index in [0.29, 0.717) is 47.6 Å². The molecule has 2 N–H and O–H groups in total. The van der Waals surface area contributed by atoms with Gasteiger partial charge in [0.1, 0.15) is 17.2 Å². The molecule has 0 radical (unpaired) electrons. The zero-order valence-corrected chi connectivity index (χ0v) is 17.9. The van der Waals surface area contributed by atoms with Gasteiger partial charge < -0.3 is 15.1 Å². The van der Waals surface area contributed by atoms with Crippen LogP contribution in [-0.4, -0.2) is 51.9 Å². The van der Waals surface area contributed by atoms with E-state index in [4.69, 9.17) is 21.8 Å². The number of carbonyl (C=O) groups excluding carboxylic acids is 1. The predicted octanol–water partition coefficient (Wildman–Crippen LogP) is 3.88. The van der Waals surface area contributed by atoms with E-state index in [2.05, 4.69) is 14.9 Å². The van der Waals surface area contributed by atoms with E-state index in [1.165, 1.54) is 0 Å². The van der Waals surface area contributed by atoms with Crippen molar-refractivity contribution < 1.29 is 9.21 Å². The molecular formula is C23H22ClN5O2. The third kappa shape index (κ3) is 3.71. The molecule has 3 heterocycles. The van der Waals surface area contributed by atoms with E-state index in [0.717, 1.165) is 34.9 Å². The number of hydrogen-bond acceptors (Lipinski definition) is 6. The largest absolute Gasteiger partial charge is 0.451 e. The lowest BCUT2D eigenvalue weighted by molar-refractivity contribution is 0.0596. The number of rotatable bonds is 3. The third-order valence-electron chi connectivity index (χ3n) is 5.80. The van der Waals surface area contributed by atoms with Crippen molar-refractivity contribution in [3.8, 4) is 0 Å². The van der Waals surface area contributed by atoms with Crippen molar-refractivity contribution in [1.82, 2.24) is 19.8 Å². The fourth-order valence-electron chi connectivity index (χ4n) is 4.07. The lowest BCUT2D eigenvalue weighted by atomic mass is 10.1. The summed E-state index contributed by atoms with van der Waals surface area (Å²) in [4.78, 5) is 26.2. The zero-order chi connectivity index (χ0) is 21.5. The van der Waals surface area contributed by atoms with Gasteiger partial charge in [-0.1, -0.05) is 23.7 Å². The molecule has 7 nitrogen and oxygen atoms in total. The quantitative estimate of drug-likeness (QED) is 0.525. The van der Waals surface area contributed by atoms with Gasteiger partial charge >= 0.3 is 0 Å². The van der Waals surface area contributed by atoms with Crippen molar-refractivity contribution in [1.29, 1.82) is 0 Å². The molecule has 0 atom stereocenters. The minimum atomic E-state index is -0.0873. The van der Waals surface area contributed by atoms with E-state index in [1.807, 2.05) is 42.2 Å². The Morgan fingerprint density at radius 1 is 1.10 bits per heavy atom. The van der Waals surface area contributed by atoms with Crippen LogP contribution in [0.1, 0.15) is 21.9 Å². The van der Waals surface area contributed by atoms with Crippen LogP contribution in [0.4, 0.5) is 5.82 Å². The van der Waals surface area contributed by atoms with Crippen LogP contribution in [0.2, 0.25) is 5.02 Å². The highest BCUT2D eigenvalue weighted by Gasteiger charge is 2.27. The number of nitrogen functional groups attached to an aromatic ring is 1. The fraction of sp³-hybridized carbons (Fsp3) is 0.261. The first-order chi connectivity index (χ1) is 15.0. The summed E-state index contributed by atoms with van der Waals surface area (Å²) in [6.07, 6.45) is 0. The van der Waals surface area contributed by atoms with E-state index < -0.39 is 0 Å². The average molecular weight is 436 g/mol. The molecule has 2 aromatic heterocycles. The Kier molecular flexibility index (Phi) is 5.00. The highest BCUT2D eigenvalue weighted by Crippen LogP contribution is 2.29. The Labute approximate surface area is 184 Å². The van der Waals surface area contributed by atoms with Crippen molar-refractivity contribution >= 4 is 45.2 Å². The molecule has 1 amide bonds. The van der Waals surface area contributed by atoms with E-state index in [1.54, 1.807) is 12.1 Å². The number of aryl methyl sites for hydroxylation is 1. The molecule has 31 heavy (non-hydrogen) atoms. The van der Waals surface area contributed by atoms with Crippen molar-refractivity contribution in [2.24, 2.45) is 0 Å². The Balaban J connectivity index is 1.27. The zero-order valence-electron chi connectivity index (χ0n) is 17.1. The number of piperazine rings is 1. The smallest absolute Gasteiger partial charge is 0.289 e. The molecule has 8 heteroatoms. The van der Waals surface area contributed by atoms with Gasteiger partial charge in [-0.15, -0.1) is 0 Å². The normalized spacial score (nSPS) is 15.1. The van der Waals surface area contributed by atoms with Crippen molar-refractivity contribution in [3.63, 3.8) is 0 Å². The van der Waals surface area contributed by atoms with Gasteiger partial charge in [-0.3, -0.25) is 9.69 Å². The maximum Gasteiger partial charge on any atom is 0.289 e. The van der Waals surface area contributed by atoms with Gasteiger partial charge in [-0.2, -0.15) is 0 Å². The van der Waals surface area contributed by atoms with Gasteiger partial charge in [0.25, 0.3) is 5.91 Å². The Morgan fingerprint density at radius 3 is 2.68 bits per heavy atom.